The summed E-state index contributed by atoms with van der Waals surface area (Å²) in [6.07, 6.45) is 0.739. The number of rotatable bonds is 5. The van der Waals surface area contributed by atoms with Crippen molar-refractivity contribution in [2.45, 2.75) is 39.0 Å². The summed E-state index contributed by atoms with van der Waals surface area (Å²) >= 11 is 6.84. The van der Waals surface area contributed by atoms with E-state index in [1.807, 2.05) is 45.2 Å². The quantitative estimate of drug-likeness (QED) is 0.375. The second-order valence-corrected chi connectivity index (χ2v) is 9.79. The lowest BCUT2D eigenvalue weighted by atomic mass is 10.1. The third-order valence-corrected chi connectivity index (χ3v) is 5.28. The van der Waals surface area contributed by atoms with E-state index < -0.39 is 17.9 Å². The Balaban J connectivity index is 1.82. The molecule has 0 aliphatic rings. The summed E-state index contributed by atoms with van der Waals surface area (Å²) in [6.45, 7) is 5.59. The van der Waals surface area contributed by atoms with Gasteiger partial charge < -0.3 is 20.4 Å². The molecule has 3 rings (SSSR count). The Hall–Kier alpha value is -2.32. The van der Waals surface area contributed by atoms with E-state index in [9.17, 15) is 9.59 Å². The van der Waals surface area contributed by atoms with E-state index >= 15 is 0 Å². The van der Waals surface area contributed by atoms with Gasteiger partial charge in [0, 0.05) is 43.6 Å². The van der Waals surface area contributed by atoms with E-state index in [1.54, 1.807) is 24.3 Å². The summed E-state index contributed by atoms with van der Waals surface area (Å²) in [5.74, 6) is -0.322. The van der Waals surface area contributed by atoms with Crippen molar-refractivity contribution >= 4 is 54.8 Å². The van der Waals surface area contributed by atoms with Crippen LogP contribution in [-0.2, 0) is 11.2 Å². The van der Waals surface area contributed by atoms with Crippen molar-refractivity contribution in [1.82, 2.24) is 15.6 Å². The Labute approximate surface area is 192 Å². The molecular weight excluding hydrogens is 514 g/mol. The number of nitrogens with one attached hydrogen (secondary N) is 3. The number of aromatic amines is 1. The van der Waals surface area contributed by atoms with Gasteiger partial charge in [0.1, 0.15) is 0 Å². The Bertz CT molecular complexity index is 1060. The van der Waals surface area contributed by atoms with Crippen molar-refractivity contribution in [2.24, 2.45) is 0 Å². The fourth-order valence-corrected chi connectivity index (χ4v) is 3.56. The zero-order chi connectivity index (χ0) is 21.9. The Morgan fingerprint density at radius 3 is 2.40 bits per heavy atom. The molecule has 0 aliphatic carbocycles. The normalized spacial score (nSPS) is 12.4. The smallest absolute Gasteiger partial charge is 0.409 e. The van der Waals surface area contributed by atoms with Gasteiger partial charge in [-0.2, -0.15) is 0 Å². The minimum Gasteiger partial charge on any atom is -0.425 e. The van der Waals surface area contributed by atoms with Crippen LogP contribution in [0.5, 0.6) is 0 Å². The summed E-state index contributed by atoms with van der Waals surface area (Å²) in [4.78, 5) is 28.3. The van der Waals surface area contributed by atoms with Crippen LogP contribution in [-0.4, -0.2) is 28.8 Å². The van der Waals surface area contributed by atoms with Crippen LogP contribution in [0.15, 0.2) is 57.6 Å². The van der Waals surface area contributed by atoms with Gasteiger partial charge in [0.05, 0.1) is 0 Å². The summed E-state index contributed by atoms with van der Waals surface area (Å²) < 4.78 is 7.40. The monoisotopic (exact) mass is 535 g/mol. The largest absolute Gasteiger partial charge is 0.425 e. The number of carbonyl (C=O) groups excluding carboxylic acids is 2. The highest BCUT2D eigenvalue weighted by atomic mass is 79.9. The first-order valence-electron chi connectivity index (χ1n) is 9.41. The van der Waals surface area contributed by atoms with E-state index in [1.165, 1.54) is 0 Å². The fraction of sp³-hybridized carbons (Fsp3) is 0.273. The van der Waals surface area contributed by atoms with E-state index in [2.05, 4.69) is 47.5 Å². The number of ether oxygens (including phenoxy) is 1. The number of carbonyl (C=O) groups is 2. The molecule has 30 heavy (non-hydrogen) atoms. The lowest BCUT2D eigenvalue weighted by Crippen LogP contribution is -2.46. The molecule has 3 N–H and O–H groups in total. The third kappa shape index (κ3) is 6.09. The Morgan fingerprint density at radius 2 is 1.73 bits per heavy atom. The number of amides is 2. The predicted molar refractivity (Wildman–Crippen MR) is 124 cm³/mol. The number of fused-ring (bicyclic) bond motifs is 1. The average Bonchev–Trinajstić information content (AvgIpc) is 3.02. The minimum absolute atomic E-state index is 0.316. The molecule has 0 saturated carbocycles. The minimum atomic E-state index is -0.846. The summed E-state index contributed by atoms with van der Waals surface area (Å²) in [5.41, 5.74) is 1.91. The van der Waals surface area contributed by atoms with Gasteiger partial charge in [-0.1, -0.05) is 31.9 Å². The molecule has 2 aromatic carbocycles. The second-order valence-electron chi connectivity index (χ2n) is 7.96. The van der Waals surface area contributed by atoms with Crippen molar-refractivity contribution in [1.29, 1.82) is 0 Å². The number of halogens is 2. The Kier molecular flexibility index (Phi) is 6.88. The van der Waals surface area contributed by atoms with Crippen LogP contribution < -0.4 is 10.6 Å². The van der Waals surface area contributed by atoms with Gasteiger partial charge in [0.2, 0.25) is 0 Å². The van der Waals surface area contributed by atoms with Gasteiger partial charge >= 0.3 is 6.09 Å². The van der Waals surface area contributed by atoms with E-state index in [-0.39, 0.29) is 5.91 Å². The van der Waals surface area contributed by atoms with Gasteiger partial charge in [-0.15, -0.1) is 0 Å². The lowest BCUT2D eigenvalue weighted by molar-refractivity contribution is 0.0607. The van der Waals surface area contributed by atoms with Crippen molar-refractivity contribution in [3.05, 3.63) is 68.7 Å². The highest BCUT2D eigenvalue weighted by Crippen LogP contribution is 2.24. The molecule has 1 unspecified atom stereocenters. The van der Waals surface area contributed by atoms with Crippen LogP contribution in [0.3, 0.4) is 0 Å². The van der Waals surface area contributed by atoms with Crippen molar-refractivity contribution in [3.63, 3.8) is 0 Å². The summed E-state index contributed by atoms with van der Waals surface area (Å²) in [7, 11) is 0. The molecule has 2 amide bonds. The van der Waals surface area contributed by atoms with E-state index in [0.29, 0.717) is 12.0 Å². The van der Waals surface area contributed by atoms with Crippen molar-refractivity contribution in [2.75, 3.05) is 0 Å². The highest BCUT2D eigenvalue weighted by Gasteiger charge is 2.23. The molecule has 158 valence electrons. The molecule has 0 saturated heterocycles. The molecule has 0 radical (unpaired) electrons. The summed E-state index contributed by atoms with van der Waals surface area (Å²) in [5, 5.41) is 6.58. The van der Waals surface area contributed by atoms with Crippen LogP contribution in [0.1, 0.15) is 36.7 Å². The third-order valence-electron chi connectivity index (χ3n) is 4.26. The molecule has 1 heterocycles. The first kappa shape index (κ1) is 22.4. The predicted octanol–water partition coefficient (Wildman–Crippen LogP) is 5.52. The zero-order valence-electron chi connectivity index (χ0n) is 16.9. The number of hydrogen-bond acceptors (Lipinski definition) is 3. The standard InChI is InChI=1S/C22H23Br2N3O3/c1-22(2,3)27-21(29)30-19(26-20(28)13-4-6-15(23)7-5-13)10-14-12-25-18-9-8-16(24)11-17(14)18/h4-9,11-12,19,25H,10H2,1-3H3,(H,26,28)(H,27,29). The highest BCUT2D eigenvalue weighted by molar-refractivity contribution is 9.10. The van der Waals surface area contributed by atoms with Crippen molar-refractivity contribution < 1.29 is 14.3 Å². The molecule has 0 aliphatic heterocycles. The second kappa shape index (κ2) is 9.22. The van der Waals surface area contributed by atoms with E-state index in [0.717, 1.165) is 25.4 Å². The van der Waals surface area contributed by atoms with Crippen LogP contribution >= 0.6 is 31.9 Å². The molecular formula is C22H23Br2N3O3. The van der Waals surface area contributed by atoms with Gasteiger partial charge in [-0.25, -0.2) is 4.79 Å². The maximum absolute atomic E-state index is 12.7. The maximum atomic E-state index is 12.7. The first-order chi connectivity index (χ1) is 14.1. The molecule has 8 heteroatoms. The number of benzene rings is 2. The Morgan fingerprint density at radius 1 is 1.07 bits per heavy atom. The van der Waals surface area contributed by atoms with Crippen LogP contribution in [0.2, 0.25) is 0 Å². The van der Waals surface area contributed by atoms with Gasteiger partial charge in [0.25, 0.3) is 5.91 Å². The summed E-state index contributed by atoms with van der Waals surface area (Å²) in [6, 6.07) is 12.9. The number of hydrogen-bond donors (Lipinski definition) is 3. The first-order valence-corrected chi connectivity index (χ1v) is 11.0. The average molecular weight is 537 g/mol. The molecule has 3 aromatic rings. The van der Waals surface area contributed by atoms with Gasteiger partial charge in [-0.05, 0) is 68.8 Å². The number of alkyl carbamates (subject to hydrolysis) is 1. The van der Waals surface area contributed by atoms with Gasteiger partial charge in [0.15, 0.2) is 6.23 Å². The molecule has 0 spiro atoms. The molecule has 0 fully saturated rings. The maximum Gasteiger partial charge on any atom is 0.409 e. The van der Waals surface area contributed by atoms with Crippen LogP contribution in [0.4, 0.5) is 4.79 Å². The fourth-order valence-electron chi connectivity index (χ4n) is 2.94. The SMILES string of the molecule is CC(C)(C)NC(=O)OC(Cc1c[nH]c2ccc(Br)cc12)NC(=O)c1ccc(Br)cc1. The molecule has 0 bridgehead atoms. The molecule has 1 atom stereocenters. The topological polar surface area (TPSA) is 83.2 Å². The van der Waals surface area contributed by atoms with Gasteiger partial charge in [-0.3, -0.25) is 4.79 Å². The molecule has 1 aromatic heterocycles. The van der Waals surface area contributed by atoms with Crippen molar-refractivity contribution in [3.8, 4) is 0 Å². The van der Waals surface area contributed by atoms with E-state index in [4.69, 9.17) is 4.74 Å². The van der Waals surface area contributed by atoms with Crippen LogP contribution in [0.25, 0.3) is 10.9 Å². The number of H-pyrrole nitrogens is 1. The lowest BCUT2D eigenvalue weighted by Gasteiger charge is -2.24. The zero-order valence-corrected chi connectivity index (χ0v) is 20.1. The van der Waals surface area contributed by atoms with Crippen LogP contribution in [0, 0.1) is 0 Å². The molecule has 6 nitrogen and oxygen atoms in total. The number of aromatic nitrogens is 1.